The van der Waals surface area contributed by atoms with Crippen molar-refractivity contribution >= 4 is 12.6 Å². The van der Waals surface area contributed by atoms with Crippen LogP contribution in [0.25, 0.3) is 0 Å². The van der Waals surface area contributed by atoms with Gasteiger partial charge in [0.05, 0.1) is 0 Å². The van der Waals surface area contributed by atoms with Gasteiger partial charge in [-0.05, 0) is 55.2 Å². The zero-order chi connectivity index (χ0) is 13.3. The van der Waals surface area contributed by atoms with Gasteiger partial charge in [-0.3, -0.25) is 4.98 Å². The summed E-state index contributed by atoms with van der Waals surface area (Å²) in [6.45, 7) is 5.91. The van der Waals surface area contributed by atoms with E-state index >= 15 is 0 Å². The summed E-state index contributed by atoms with van der Waals surface area (Å²) >= 11 is 4.32. The van der Waals surface area contributed by atoms with Gasteiger partial charge in [0.2, 0.25) is 0 Å². The van der Waals surface area contributed by atoms with E-state index in [1.165, 1.54) is 5.56 Å². The Labute approximate surface area is 113 Å². The Morgan fingerprint density at radius 3 is 2.56 bits per heavy atom. The van der Waals surface area contributed by atoms with Crippen molar-refractivity contribution in [2.75, 3.05) is 0 Å². The minimum absolute atomic E-state index is 0.396. The molecule has 0 aliphatic rings. The third kappa shape index (κ3) is 2.51. The fraction of sp³-hybridized carbons (Fsp3) is 0.267. The van der Waals surface area contributed by atoms with Crippen LogP contribution in [0.4, 0.5) is 0 Å². The molecule has 0 radical (unpaired) electrons. The Balaban J connectivity index is 2.41. The third-order valence-electron chi connectivity index (χ3n) is 3.34. The zero-order valence-corrected chi connectivity index (χ0v) is 11.8. The summed E-state index contributed by atoms with van der Waals surface area (Å²) < 4.78 is 0. The van der Waals surface area contributed by atoms with E-state index in [9.17, 15) is 5.11 Å². The molecule has 0 amide bonds. The van der Waals surface area contributed by atoms with Gasteiger partial charge in [-0.25, -0.2) is 0 Å². The number of aromatic nitrogens is 1. The van der Waals surface area contributed by atoms with E-state index in [0.29, 0.717) is 5.75 Å². The van der Waals surface area contributed by atoms with Crippen LogP contribution in [0.15, 0.2) is 29.3 Å². The monoisotopic (exact) mass is 259 g/mol. The quantitative estimate of drug-likeness (QED) is 0.808. The van der Waals surface area contributed by atoms with Gasteiger partial charge < -0.3 is 5.11 Å². The predicted molar refractivity (Wildman–Crippen MR) is 76.6 cm³/mol. The molecule has 0 saturated carbocycles. The average molecular weight is 259 g/mol. The minimum atomic E-state index is 0.396. The first-order valence-corrected chi connectivity index (χ1v) is 6.36. The summed E-state index contributed by atoms with van der Waals surface area (Å²) in [6, 6.07) is 5.87. The molecule has 2 nitrogen and oxygen atoms in total. The molecular formula is C15H17NOS. The van der Waals surface area contributed by atoms with E-state index in [2.05, 4.69) is 17.6 Å². The highest BCUT2D eigenvalue weighted by atomic mass is 32.1. The molecule has 2 rings (SSSR count). The Bertz CT molecular complexity index is 593. The lowest BCUT2D eigenvalue weighted by Crippen LogP contribution is -1.98. The van der Waals surface area contributed by atoms with Crippen molar-refractivity contribution < 1.29 is 5.11 Å². The molecule has 0 saturated heterocycles. The Morgan fingerprint density at radius 2 is 1.89 bits per heavy atom. The second kappa shape index (κ2) is 5.02. The highest BCUT2D eigenvalue weighted by molar-refractivity contribution is 7.80. The number of aryl methyl sites for hydroxylation is 1. The summed E-state index contributed by atoms with van der Waals surface area (Å²) in [5.41, 5.74) is 5.19. The molecule has 1 aromatic carbocycles. The van der Waals surface area contributed by atoms with E-state index in [1.54, 1.807) is 6.20 Å². The van der Waals surface area contributed by atoms with Crippen LogP contribution in [-0.2, 0) is 6.42 Å². The number of phenols is 1. The SMILES string of the molecule is Cc1cc(Cc2cc(S)ccn2)c(C)c(C)c1O. The Hall–Kier alpha value is -1.48. The summed E-state index contributed by atoms with van der Waals surface area (Å²) in [7, 11) is 0. The fourth-order valence-electron chi connectivity index (χ4n) is 2.09. The van der Waals surface area contributed by atoms with Crippen LogP contribution < -0.4 is 0 Å². The molecule has 3 heteroatoms. The second-order valence-electron chi connectivity index (χ2n) is 4.63. The maximum absolute atomic E-state index is 9.89. The van der Waals surface area contributed by atoms with Crippen LogP contribution in [0.2, 0.25) is 0 Å². The van der Waals surface area contributed by atoms with Crippen LogP contribution in [-0.4, -0.2) is 10.1 Å². The normalized spacial score (nSPS) is 10.7. The molecule has 94 valence electrons. The molecule has 0 aliphatic carbocycles. The maximum Gasteiger partial charge on any atom is 0.121 e. The number of hydrogen-bond donors (Lipinski definition) is 2. The van der Waals surface area contributed by atoms with Crippen molar-refractivity contribution in [1.82, 2.24) is 4.98 Å². The van der Waals surface area contributed by atoms with Crippen LogP contribution in [0.3, 0.4) is 0 Å². The summed E-state index contributed by atoms with van der Waals surface area (Å²) in [5, 5.41) is 9.89. The van der Waals surface area contributed by atoms with Crippen LogP contribution >= 0.6 is 12.6 Å². The molecule has 0 unspecified atom stereocenters. The lowest BCUT2D eigenvalue weighted by Gasteiger charge is -2.13. The Morgan fingerprint density at radius 1 is 1.17 bits per heavy atom. The maximum atomic E-state index is 9.89. The zero-order valence-electron chi connectivity index (χ0n) is 10.9. The number of rotatable bonds is 2. The van der Waals surface area contributed by atoms with Gasteiger partial charge >= 0.3 is 0 Å². The summed E-state index contributed by atoms with van der Waals surface area (Å²) in [6.07, 6.45) is 2.54. The van der Waals surface area contributed by atoms with Crippen LogP contribution in [0.5, 0.6) is 5.75 Å². The van der Waals surface area contributed by atoms with Crippen molar-refractivity contribution in [1.29, 1.82) is 0 Å². The van der Waals surface area contributed by atoms with Gasteiger partial charge in [0, 0.05) is 23.2 Å². The minimum Gasteiger partial charge on any atom is -0.507 e. The van der Waals surface area contributed by atoms with Gasteiger partial charge in [0.15, 0.2) is 0 Å². The first kappa shape index (κ1) is 13.0. The number of thiol groups is 1. The number of benzene rings is 1. The molecular weight excluding hydrogens is 242 g/mol. The van der Waals surface area contributed by atoms with Crippen molar-refractivity contribution in [3.63, 3.8) is 0 Å². The van der Waals surface area contributed by atoms with Crippen molar-refractivity contribution in [3.8, 4) is 5.75 Å². The van der Waals surface area contributed by atoms with Crippen molar-refractivity contribution in [2.45, 2.75) is 32.1 Å². The number of aromatic hydroxyl groups is 1. The van der Waals surface area contributed by atoms with Crippen molar-refractivity contribution in [3.05, 3.63) is 52.3 Å². The van der Waals surface area contributed by atoms with E-state index < -0.39 is 0 Å². The van der Waals surface area contributed by atoms with Gasteiger partial charge in [0.25, 0.3) is 0 Å². The molecule has 0 aliphatic heterocycles. The van der Waals surface area contributed by atoms with E-state index in [1.807, 2.05) is 39.0 Å². The molecule has 1 heterocycles. The smallest absolute Gasteiger partial charge is 0.121 e. The number of nitrogens with zero attached hydrogens (tertiary/aromatic N) is 1. The van der Waals surface area contributed by atoms with Gasteiger partial charge in [-0.1, -0.05) is 6.07 Å². The van der Waals surface area contributed by atoms with Gasteiger partial charge in [-0.15, -0.1) is 12.6 Å². The lowest BCUT2D eigenvalue weighted by molar-refractivity contribution is 0.466. The van der Waals surface area contributed by atoms with Crippen molar-refractivity contribution in [2.24, 2.45) is 0 Å². The first-order chi connectivity index (χ1) is 8.49. The number of pyridine rings is 1. The van der Waals surface area contributed by atoms with Gasteiger partial charge in [-0.2, -0.15) is 0 Å². The largest absolute Gasteiger partial charge is 0.507 e. The Kier molecular flexibility index (Phi) is 3.62. The first-order valence-electron chi connectivity index (χ1n) is 5.91. The third-order valence-corrected chi connectivity index (χ3v) is 3.61. The predicted octanol–water partition coefficient (Wildman–Crippen LogP) is 3.59. The standard InChI is InChI=1S/C15H17NOS/c1-9-6-12(10(2)11(3)15(9)17)7-13-8-14(18)4-5-16-13/h4-6,8,17H,7H2,1-3H3,(H,16,18). The van der Waals surface area contributed by atoms with Crippen LogP contribution in [0.1, 0.15) is 27.9 Å². The molecule has 18 heavy (non-hydrogen) atoms. The molecule has 0 atom stereocenters. The molecule has 0 fully saturated rings. The fourth-order valence-corrected chi connectivity index (χ4v) is 2.31. The van der Waals surface area contributed by atoms with E-state index in [0.717, 1.165) is 33.7 Å². The summed E-state index contributed by atoms with van der Waals surface area (Å²) in [4.78, 5) is 5.27. The lowest BCUT2D eigenvalue weighted by atomic mass is 9.95. The van der Waals surface area contributed by atoms with Crippen LogP contribution in [0, 0.1) is 20.8 Å². The average Bonchev–Trinajstić information content (AvgIpc) is 2.33. The second-order valence-corrected chi connectivity index (χ2v) is 5.15. The molecule has 2 aromatic rings. The number of hydrogen-bond acceptors (Lipinski definition) is 3. The number of phenolic OH excluding ortho intramolecular Hbond substituents is 1. The van der Waals surface area contributed by atoms with E-state index in [4.69, 9.17) is 0 Å². The highest BCUT2D eigenvalue weighted by Crippen LogP contribution is 2.28. The molecule has 0 spiro atoms. The molecule has 1 aromatic heterocycles. The topological polar surface area (TPSA) is 33.1 Å². The van der Waals surface area contributed by atoms with Gasteiger partial charge in [0.1, 0.15) is 5.75 Å². The molecule has 0 bridgehead atoms. The van der Waals surface area contributed by atoms with E-state index in [-0.39, 0.29) is 0 Å². The highest BCUT2D eigenvalue weighted by Gasteiger charge is 2.10. The summed E-state index contributed by atoms with van der Waals surface area (Å²) in [5.74, 6) is 0.396. The molecule has 1 N–H and O–H groups in total.